The molecule has 0 saturated heterocycles. The number of hydrogen-bond acceptors (Lipinski definition) is 2. The fraction of sp³-hybridized carbons (Fsp3) is 0.385. The topological polar surface area (TPSA) is 38.0 Å². The Morgan fingerprint density at radius 1 is 1.27 bits per heavy atom. The maximum atomic E-state index is 5.55. The van der Waals surface area contributed by atoms with Crippen molar-refractivity contribution in [1.29, 1.82) is 0 Å². The van der Waals surface area contributed by atoms with Crippen molar-refractivity contribution in [2.24, 2.45) is 5.84 Å². The van der Waals surface area contributed by atoms with Crippen molar-refractivity contribution in [1.82, 2.24) is 5.43 Å². The van der Waals surface area contributed by atoms with Crippen molar-refractivity contribution >= 4 is 0 Å². The van der Waals surface area contributed by atoms with Gasteiger partial charge in [0.1, 0.15) is 0 Å². The van der Waals surface area contributed by atoms with Gasteiger partial charge in [-0.05, 0) is 49.4 Å². The van der Waals surface area contributed by atoms with Gasteiger partial charge in [-0.3, -0.25) is 11.3 Å². The normalized spacial score (nSPS) is 12.5. The average molecular weight is 204 g/mol. The molecule has 0 heterocycles. The van der Waals surface area contributed by atoms with Crippen LogP contribution in [0.15, 0.2) is 24.8 Å². The third kappa shape index (κ3) is 2.67. The maximum Gasteiger partial charge on any atom is 0.0496 e. The molecule has 1 aromatic rings. The molecule has 0 aliphatic rings. The van der Waals surface area contributed by atoms with Crippen molar-refractivity contribution in [3.63, 3.8) is 0 Å². The Bertz CT molecular complexity index is 356. The quantitative estimate of drug-likeness (QED) is 0.449. The Kier molecular flexibility index (Phi) is 4.06. The van der Waals surface area contributed by atoms with Gasteiger partial charge in [0.2, 0.25) is 0 Å². The zero-order valence-corrected chi connectivity index (χ0v) is 9.80. The molecular weight excluding hydrogens is 184 g/mol. The molecule has 2 heteroatoms. The number of aryl methyl sites for hydroxylation is 3. The van der Waals surface area contributed by atoms with E-state index in [1.165, 1.54) is 22.3 Å². The van der Waals surface area contributed by atoms with Crippen LogP contribution < -0.4 is 11.3 Å². The smallest absolute Gasteiger partial charge is 0.0496 e. The van der Waals surface area contributed by atoms with Crippen LogP contribution in [0.2, 0.25) is 0 Å². The molecule has 0 spiro atoms. The zero-order chi connectivity index (χ0) is 11.4. The summed E-state index contributed by atoms with van der Waals surface area (Å²) < 4.78 is 0. The number of nitrogens with one attached hydrogen (secondary N) is 1. The van der Waals surface area contributed by atoms with Crippen LogP contribution in [0.1, 0.15) is 34.7 Å². The fourth-order valence-corrected chi connectivity index (χ4v) is 1.81. The van der Waals surface area contributed by atoms with E-state index in [0.717, 1.165) is 6.42 Å². The second kappa shape index (κ2) is 5.10. The average Bonchev–Trinajstić information content (AvgIpc) is 2.20. The maximum absolute atomic E-state index is 5.55. The van der Waals surface area contributed by atoms with Gasteiger partial charge >= 0.3 is 0 Å². The van der Waals surface area contributed by atoms with Gasteiger partial charge in [-0.1, -0.05) is 18.2 Å². The van der Waals surface area contributed by atoms with E-state index < -0.39 is 0 Å². The van der Waals surface area contributed by atoms with Crippen molar-refractivity contribution < 1.29 is 0 Å². The van der Waals surface area contributed by atoms with Gasteiger partial charge in [0.25, 0.3) is 0 Å². The number of nitrogens with two attached hydrogens (primary N) is 1. The standard InChI is InChI=1S/C13H20N2/c1-5-6-13(15-14)12-8-10(3)9(2)7-11(12)4/h5,7-8,13,15H,1,6,14H2,2-4H3. The summed E-state index contributed by atoms with van der Waals surface area (Å²) in [5.74, 6) is 5.55. The Balaban J connectivity index is 3.11. The predicted molar refractivity (Wildman–Crippen MR) is 65.5 cm³/mol. The molecule has 0 aliphatic carbocycles. The lowest BCUT2D eigenvalue weighted by Crippen LogP contribution is -2.28. The molecule has 1 unspecified atom stereocenters. The largest absolute Gasteiger partial charge is 0.271 e. The van der Waals surface area contributed by atoms with Crippen molar-refractivity contribution in [3.8, 4) is 0 Å². The molecule has 1 rings (SSSR count). The molecule has 0 saturated carbocycles. The van der Waals surface area contributed by atoms with Crippen molar-refractivity contribution in [2.45, 2.75) is 33.2 Å². The first-order valence-electron chi connectivity index (χ1n) is 5.25. The first kappa shape index (κ1) is 12.0. The van der Waals surface area contributed by atoms with Gasteiger partial charge in [0.05, 0.1) is 0 Å². The third-order valence-electron chi connectivity index (χ3n) is 2.86. The minimum atomic E-state index is 0.168. The van der Waals surface area contributed by atoms with Crippen LogP contribution in [-0.4, -0.2) is 0 Å². The highest BCUT2D eigenvalue weighted by Crippen LogP contribution is 2.23. The number of benzene rings is 1. The summed E-state index contributed by atoms with van der Waals surface area (Å²) in [6.45, 7) is 10.1. The number of hydrogen-bond donors (Lipinski definition) is 2. The van der Waals surface area contributed by atoms with Crippen LogP contribution in [-0.2, 0) is 0 Å². The Morgan fingerprint density at radius 2 is 1.87 bits per heavy atom. The van der Waals surface area contributed by atoms with E-state index >= 15 is 0 Å². The van der Waals surface area contributed by atoms with Gasteiger partial charge in [0, 0.05) is 6.04 Å². The van der Waals surface area contributed by atoms with Crippen molar-refractivity contribution in [2.75, 3.05) is 0 Å². The van der Waals surface area contributed by atoms with E-state index in [2.05, 4.69) is 44.9 Å². The molecule has 3 N–H and O–H groups in total. The molecule has 0 radical (unpaired) electrons. The van der Waals surface area contributed by atoms with Gasteiger partial charge in [0.15, 0.2) is 0 Å². The molecule has 15 heavy (non-hydrogen) atoms. The molecule has 2 nitrogen and oxygen atoms in total. The summed E-state index contributed by atoms with van der Waals surface area (Å²) >= 11 is 0. The monoisotopic (exact) mass is 204 g/mol. The summed E-state index contributed by atoms with van der Waals surface area (Å²) in [5.41, 5.74) is 8.01. The first-order valence-corrected chi connectivity index (χ1v) is 5.25. The highest BCUT2D eigenvalue weighted by molar-refractivity contribution is 5.38. The summed E-state index contributed by atoms with van der Waals surface area (Å²) in [4.78, 5) is 0. The lowest BCUT2D eigenvalue weighted by molar-refractivity contribution is 0.558. The van der Waals surface area contributed by atoms with Crippen LogP contribution in [0.3, 0.4) is 0 Å². The second-order valence-corrected chi connectivity index (χ2v) is 4.04. The summed E-state index contributed by atoms with van der Waals surface area (Å²) in [7, 11) is 0. The van der Waals surface area contributed by atoms with Crippen molar-refractivity contribution in [3.05, 3.63) is 47.0 Å². The van der Waals surface area contributed by atoms with E-state index in [-0.39, 0.29) is 6.04 Å². The Hall–Kier alpha value is -1.12. The lowest BCUT2D eigenvalue weighted by atomic mass is 9.94. The van der Waals surface area contributed by atoms with Crippen LogP contribution in [0.4, 0.5) is 0 Å². The zero-order valence-electron chi connectivity index (χ0n) is 9.80. The first-order chi connectivity index (χ1) is 7.10. The predicted octanol–water partition coefficient (Wildman–Crippen LogP) is 2.69. The fourth-order valence-electron chi connectivity index (χ4n) is 1.81. The van der Waals surface area contributed by atoms with Gasteiger partial charge in [-0.15, -0.1) is 6.58 Å². The number of rotatable bonds is 4. The van der Waals surface area contributed by atoms with E-state index in [9.17, 15) is 0 Å². The molecule has 1 aromatic carbocycles. The number of hydrazine groups is 1. The summed E-state index contributed by atoms with van der Waals surface area (Å²) in [6.07, 6.45) is 2.74. The highest BCUT2D eigenvalue weighted by Gasteiger charge is 2.11. The van der Waals surface area contributed by atoms with Crippen LogP contribution in [0.25, 0.3) is 0 Å². The minimum Gasteiger partial charge on any atom is -0.271 e. The van der Waals surface area contributed by atoms with E-state index in [0.29, 0.717) is 0 Å². The molecule has 0 fully saturated rings. The Labute approximate surface area is 92.2 Å². The highest BCUT2D eigenvalue weighted by atomic mass is 15.2. The van der Waals surface area contributed by atoms with E-state index in [4.69, 9.17) is 5.84 Å². The van der Waals surface area contributed by atoms with E-state index in [1.54, 1.807) is 0 Å². The van der Waals surface area contributed by atoms with E-state index in [1.807, 2.05) is 6.08 Å². The SMILES string of the molecule is C=CCC(NN)c1cc(C)c(C)cc1C. The van der Waals surface area contributed by atoms with Gasteiger partial charge in [-0.2, -0.15) is 0 Å². The molecule has 82 valence electrons. The summed E-state index contributed by atoms with van der Waals surface area (Å²) in [6, 6.07) is 4.58. The van der Waals surface area contributed by atoms with Crippen LogP contribution in [0.5, 0.6) is 0 Å². The molecule has 0 bridgehead atoms. The Morgan fingerprint density at radius 3 is 2.40 bits per heavy atom. The molecule has 0 aromatic heterocycles. The van der Waals surface area contributed by atoms with Crippen LogP contribution >= 0.6 is 0 Å². The molecule has 0 amide bonds. The summed E-state index contributed by atoms with van der Waals surface area (Å²) in [5, 5.41) is 0. The lowest BCUT2D eigenvalue weighted by Gasteiger charge is -2.18. The second-order valence-electron chi connectivity index (χ2n) is 4.04. The van der Waals surface area contributed by atoms with Crippen LogP contribution in [0, 0.1) is 20.8 Å². The van der Waals surface area contributed by atoms with Gasteiger partial charge in [-0.25, -0.2) is 0 Å². The molecule has 1 atom stereocenters. The third-order valence-corrected chi connectivity index (χ3v) is 2.86. The molecule has 0 aliphatic heterocycles. The van der Waals surface area contributed by atoms with Gasteiger partial charge < -0.3 is 0 Å². The minimum absolute atomic E-state index is 0.168. The molecular formula is C13H20N2.